The molecule has 8 heteroatoms. The van der Waals surface area contributed by atoms with E-state index in [1.807, 2.05) is 18.6 Å². The highest BCUT2D eigenvalue weighted by Crippen LogP contribution is 2.62. The number of fused-ring (bicyclic) bond motifs is 44. The fourth-order valence-corrected chi connectivity index (χ4v) is 28.3. The van der Waals surface area contributed by atoms with Gasteiger partial charge in [-0.15, -0.1) is 0 Å². The Bertz CT molecular complexity index is 8510. The standard InChI is InChI=1S/4C33H22N2/c1-3-7-27-19(5-1)11-21-9-10-22-13-23-16-30-24(15-28(23)32(22)31(21)27)14-26-18-34-17-25-12-20-6-2-4-8-29(20)35(30)33(25)26;1-3-7-26-19(5-1)13-21-9-10-22-14-24-18-30-25(16-27(24)32(22)31(21)26)15-23-11-12-34-28-17-20-6-2-4-8-29(20)35(30)33(23)28;1-3-7-26-19(5-1)13-21-9-10-22-15-24-18-30-25(16-27(24)32(22)31(21)26)17-28-33-23(11-12-34-28)14-20-6-2-4-8-29(20)35(30)33;1-2-8-24-19(5-1)14-28-25(24)10-11-26-27-16-23-13-20-6-3-7-21-17-30-31(9-4-12-34-30)35(33(20)21)32(23)18-22(27)15-29(26)28/h1-10,15-18H,11-14H2;3*1-12,16,18H,13-15,17H2. The van der Waals surface area contributed by atoms with Crippen LogP contribution in [-0.4, -0.2) is 19.9 Å². The van der Waals surface area contributed by atoms with Crippen LogP contribution < -0.4 is 19.6 Å². The third-order valence-corrected chi connectivity index (χ3v) is 34.1. The minimum Gasteiger partial charge on any atom is -0.309 e. The number of aromatic nitrogens is 4. The zero-order valence-corrected chi connectivity index (χ0v) is 77.2. The summed E-state index contributed by atoms with van der Waals surface area (Å²) in [6.45, 7) is 0. The van der Waals surface area contributed by atoms with Crippen molar-refractivity contribution in [2.24, 2.45) is 0 Å². The lowest BCUT2D eigenvalue weighted by molar-refractivity contribution is 0.959. The Labute approximate surface area is 812 Å². The van der Waals surface area contributed by atoms with Crippen molar-refractivity contribution in [1.82, 2.24) is 19.9 Å². The number of rotatable bonds is 0. The number of hydrogen-bond donors (Lipinski definition) is 0. The third-order valence-electron chi connectivity index (χ3n) is 34.1. The van der Waals surface area contributed by atoms with E-state index in [0.29, 0.717) is 0 Å². The molecule has 4 aromatic heterocycles. The first kappa shape index (κ1) is 76.5. The van der Waals surface area contributed by atoms with Gasteiger partial charge < -0.3 is 19.6 Å². The molecule has 12 heterocycles. The number of anilines is 12. The second-order valence-corrected chi connectivity index (χ2v) is 41.5. The molecule has 16 aromatic carbocycles. The molecular formula is C132H88N8. The Morgan fingerprint density at radius 3 is 0.929 bits per heavy atom. The maximum Gasteiger partial charge on any atom is 0.0716 e. The minimum absolute atomic E-state index is 0.894. The van der Waals surface area contributed by atoms with Crippen molar-refractivity contribution in [2.45, 2.75) is 103 Å². The van der Waals surface area contributed by atoms with Gasteiger partial charge in [-0.2, -0.15) is 0 Å². The molecule has 0 atom stereocenters. The first-order chi connectivity index (χ1) is 69.3. The van der Waals surface area contributed by atoms with Gasteiger partial charge in [0.05, 0.1) is 68.3 Å². The Kier molecular flexibility index (Phi) is 15.6. The zero-order chi connectivity index (χ0) is 90.7. The molecule has 0 spiro atoms. The third kappa shape index (κ3) is 10.8. The fraction of sp³-hybridized carbons (Fsp3) is 0.121. The molecule has 0 fully saturated rings. The quantitative estimate of drug-likeness (QED) is 0.149. The van der Waals surface area contributed by atoms with Gasteiger partial charge >= 0.3 is 0 Å². The Balaban J connectivity index is 0.0000000829. The van der Waals surface area contributed by atoms with Crippen molar-refractivity contribution in [2.75, 3.05) is 19.6 Å². The smallest absolute Gasteiger partial charge is 0.0716 e. The molecule has 656 valence electrons. The van der Waals surface area contributed by atoms with Crippen LogP contribution in [0, 0.1) is 0 Å². The summed E-state index contributed by atoms with van der Waals surface area (Å²) >= 11 is 0. The van der Waals surface area contributed by atoms with Gasteiger partial charge in [-0.25, -0.2) is 0 Å². The summed E-state index contributed by atoms with van der Waals surface area (Å²) in [6, 6.07) is 117. The zero-order valence-electron chi connectivity index (χ0n) is 77.2. The van der Waals surface area contributed by atoms with Crippen LogP contribution in [0.5, 0.6) is 0 Å². The number of para-hydroxylation sites is 4. The highest BCUT2D eigenvalue weighted by atomic mass is 15.2. The number of hydrogen-bond acceptors (Lipinski definition) is 8. The normalized spacial score (nSPS) is 14.9. The first-order valence-corrected chi connectivity index (χ1v) is 50.3. The van der Waals surface area contributed by atoms with Gasteiger partial charge in [0.15, 0.2) is 0 Å². The van der Waals surface area contributed by atoms with E-state index < -0.39 is 0 Å². The van der Waals surface area contributed by atoms with Gasteiger partial charge in [0.2, 0.25) is 0 Å². The molecular weight excluding hydrogens is 1700 g/mol. The highest BCUT2D eigenvalue weighted by molar-refractivity contribution is 6.04. The average Bonchev–Trinajstić information content (AvgIpc) is 1.49. The monoisotopic (exact) mass is 1780 g/mol. The number of pyridine rings is 4. The molecule has 20 aromatic rings. The summed E-state index contributed by atoms with van der Waals surface area (Å²) in [5, 5.41) is 0. The van der Waals surface area contributed by atoms with E-state index in [0.717, 1.165) is 103 Å². The predicted molar refractivity (Wildman–Crippen MR) is 564 cm³/mol. The van der Waals surface area contributed by atoms with Crippen LogP contribution in [0.25, 0.3) is 89.0 Å². The van der Waals surface area contributed by atoms with E-state index in [4.69, 9.17) is 15.0 Å². The van der Waals surface area contributed by atoms with Crippen LogP contribution in [0.15, 0.2) is 340 Å². The van der Waals surface area contributed by atoms with Crippen molar-refractivity contribution in [3.05, 3.63) is 519 Å². The molecule has 8 aliphatic heterocycles. The van der Waals surface area contributed by atoms with Crippen LogP contribution in [0.4, 0.5) is 68.2 Å². The van der Waals surface area contributed by atoms with E-state index >= 15 is 0 Å². The van der Waals surface area contributed by atoms with E-state index in [1.54, 1.807) is 0 Å². The second-order valence-electron chi connectivity index (χ2n) is 41.5. The number of benzene rings is 16. The summed E-state index contributed by atoms with van der Waals surface area (Å²) in [5.41, 5.74) is 84.2. The topological polar surface area (TPSA) is 64.5 Å². The molecule has 0 amide bonds. The van der Waals surface area contributed by atoms with Crippen molar-refractivity contribution in [1.29, 1.82) is 0 Å². The molecule has 0 saturated carbocycles. The minimum atomic E-state index is 0.894. The molecule has 8 aliphatic carbocycles. The van der Waals surface area contributed by atoms with Crippen LogP contribution in [0.3, 0.4) is 0 Å². The van der Waals surface area contributed by atoms with Gasteiger partial charge in [0, 0.05) is 99.4 Å². The summed E-state index contributed by atoms with van der Waals surface area (Å²) < 4.78 is 0. The summed E-state index contributed by atoms with van der Waals surface area (Å²) in [7, 11) is 0. The van der Waals surface area contributed by atoms with Gasteiger partial charge in [-0.05, 0) is 393 Å². The Morgan fingerprint density at radius 1 is 0.150 bits per heavy atom. The van der Waals surface area contributed by atoms with Crippen LogP contribution in [0.1, 0.15) is 178 Å². The molecule has 140 heavy (non-hydrogen) atoms. The van der Waals surface area contributed by atoms with E-state index in [2.05, 4.69) is 346 Å². The second kappa shape index (κ2) is 28.5. The molecule has 0 bridgehead atoms. The maximum absolute atomic E-state index is 4.87. The Morgan fingerprint density at radius 2 is 0.443 bits per heavy atom. The Hall–Kier alpha value is -16.7. The van der Waals surface area contributed by atoms with Gasteiger partial charge in [0.1, 0.15) is 0 Å². The highest BCUT2D eigenvalue weighted by Gasteiger charge is 2.43. The van der Waals surface area contributed by atoms with Gasteiger partial charge in [-0.3, -0.25) is 19.9 Å². The van der Waals surface area contributed by atoms with Crippen LogP contribution >= 0.6 is 0 Å². The molecule has 16 aliphatic rings. The fourth-order valence-electron chi connectivity index (χ4n) is 28.3. The molecule has 0 N–H and O–H groups in total. The van der Waals surface area contributed by atoms with E-state index in [-0.39, 0.29) is 0 Å². The van der Waals surface area contributed by atoms with Crippen molar-refractivity contribution in [3.63, 3.8) is 0 Å². The van der Waals surface area contributed by atoms with Crippen molar-refractivity contribution < 1.29 is 0 Å². The van der Waals surface area contributed by atoms with Crippen molar-refractivity contribution >= 4 is 68.2 Å². The van der Waals surface area contributed by atoms with Gasteiger partial charge in [0.25, 0.3) is 0 Å². The molecule has 0 saturated heterocycles. The maximum atomic E-state index is 4.87. The molecule has 0 unspecified atom stereocenters. The number of nitrogens with zero attached hydrogens (tertiary/aromatic N) is 8. The molecule has 36 rings (SSSR count). The van der Waals surface area contributed by atoms with Crippen LogP contribution in [-0.2, 0) is 103 Å². The average molecular weight is 1790 g/mol. The lowest BCUT2D eigenvalue weighted by Gasteiger charge is -2.39. The van der Waals surface area contributed by atoms with Crippen molar-refractivity contribution in [3.8, 4) is 89.0 Å². The van der Waals surface area contributed by atoms with E-state index in [1.165, 1.54) is 336 Å². The lowest BCUT2D eigenvalue weighted by Crippen LogP contribution is -2.25. The molecule has 8 nitrogen and oxygen atoms in total. The predicted octanol–water partition coefficient (Wildman–Crippen LogP) is 30.0. The summed E-state index contributed by atoms with van der Waals surface area (Å²) in [4.78, 5) is 29.1. The van der Waals surface area contributed by atoms with E-state index in [9.17, 15) is 0 Å². The largest absolute Gasteiger partial charge is 0.309 e. The van der Waals surface area contributed by atoms with Gasteiger partial charge in [-0.1, -0.05) is 218 Å². The summed E-state index contributed by atoms with van der Waals surface area (Å²) in [5.74, 6) is 0. The summed E-state index contributed by atoms with van der Waals surface area (Å²) in [6.07, 6.45) is 25.9. The lowest BCUT2D eigenvalue weighted by atomic mass is 9.86. The molecule has 0 radical (unpaired) electrons. The first-order valence-electron chi connectivity index (χ1n) is 50.3. The SMILES string of the molecule is c1ccc2c(c1)Cc1c-2ccc2c1Cc1cc3c(cc1-2)Cc1cccc2c1N3c1cccnc1C2.c1ccc2c(c1)Cc1ccc3c(c1-2)-c1cc2c(cc1C3)N1c3ccccc3Cc3ccnc(c31)C2.c1ccc2c(c1)Cc1ccc3c(c1-2)-c1cc2c(cc1C3)N1c3ccccc3Cc3cncc(c31)C2.c1ccc2c(c1)Cc1ccc3c(c1-2)-c1cc2c(cc1C3)N1c3ccccc3Cc3nccc(c31)C2. The van der Waals surface area contributed by atoms with Crippen LogP contribution in [0.2, 0.25) is 0 Å².